The van der Waals surface area contributed by atoms with Crippen molar-refractivity contribution >= 4 is 5.91 Å². The topological polar surface area (TPSA) is 29.1 Å². The third kappa shape index (κ3) is 2.54. The number of benzene rings is 1. The molecule has 2 fully saturated rings. The molecule has 2 aliphatic carbocycles. The highest BCUT2D eigenvalue weighted by Crippen LogP contribution is 2.49. The summed E-state index contributed by atoms with van der Waals surface area (Å²) in [7, 11) is 0. The Hall–Kier alpha value is -1.31. The molecule has 2 heteroatoms. The van der Waals surface area contributed by atoms with E-state index < -0.39 is 0 Å². The van der Waals surface area contributed by atoms with Crippen molar-refractivity contribution in [2.24, 2.45) is 17.8 Å². The van der Waals surface area contributed by atoms with Crippen LogP contribution in [-0.4, -0.2) is 11.9 Å². The highest BCUT2D eigenvalue weighted by atomic mass is 16.1. The molecule has 1 aromatic rings. The van der Waals surface area contributed by atoms with Crippen molar-refractivity contribution < 1.29 is 4.79 Å². The predicted octanol–water partition coefficient (Wildman–Crippen LogP) is 3.55. The highest BCUT2D eigenvalue weighted by molar-refractivity contribution is 5.94. The van der Waals surface area contributed by atoms with Crippen LogP contribution >= 0.6 is 0 Å². The number of nitrogens with one attached hydrogen (secondary N) is 1. The third-order valence-electron chi connectivity index (χ3n) is 5.07. The van der Waals surface area contributed by atoms with E-state index in [0.717, 1.165) is 23.0 Å². The molecule has 0 aliphatic heterocycles. The summed E-state index contributed by atoms with van der Waals surface area (Å²) < 4.78 is 0. The maximum absolute atomic E-state index is 12.3. The second-order valence-corrected chi connectivity index (χ2v) is 6.47. The van der Waals surface area contributed by atoms with Crippen LogP contribution in [0, 0.1) is 24.7 Å². The Balaban J connectivity index is 1.63. The molecule has 0 aromatic heterocycles. The molecule has 1 amide bonds. The predicted molar refractivity (Wildman–Crippen MR) is 77.0 cm³/mol. The lowest BCUT2D eigenvalue weighted by atomic mass is 9.84. The fraction of sp³-hybridized carbons (Fsp3) is 0.588. The lowest BCUT2D eigenvalue weighted by Gasteiger charge is -2.28. The largest absolute Gasteiger partial charge is 0.349 e. The van der Waals surface area contributed by atoms with Gasteiger partial charge in [-0.05, 0) is 63.0 Å². The molecule has 0 heterocycles. The summed E-state index contributed by atoms with van der Waals surface area (Å²) in [5, 5.41) is 3.21. The molecule has 2 bridgehead atoms. The van der Waals surface area contributed by atoms with Crippen LogP contribution in [0.3, 0.4) is 0 Å². The van der Waals surface area contributed by atoms with Crippen LogP contribution in [-0.2, 0) is 0 Å². The normalized spacial score (nSPS) is 30.3. The van der Waals surface area contributed by atoms with Crippen LogP contribution in [0.1, 0.15) is 48.5 Å². The van der Waals surface area contributed by atoms with Gasteiger partial charge in [0.2, 0.25) is 0 Å². The molecule has 2 nitrogen and oxygen atoms in total. The Morgan fingerprint density at radius 3 is 2.79 bits per heavy atom. The van der Waals surface area contributed by atoms with E-state index in [-0.39, 0.29) is 5.91 Å². The Bertz CT molecular complexity index is 482. The number of carbonyl (C=O) groups is 1. The molecular weight excluding hydrogens is 234 g/mol. The van der Waals surface area contributed by atoms with Crippen molar-refractivity contribution in [1.29, 1.82) is 0 Å². The van der Waals surface area contributed by atoms with Crippen LogP contribution < -0.4 is 5.32 Å². The number of amides is 1. The van der Waals surface area contributed by atoms with Crippen molar-refractivity contribution in [3.63, 3.8) is 0 Å². The molecule has 1 N–H and O–H groups in total. The molecular formula is C17H23NO. The van der Waals surface area contributed by atoms with Gasteiger partial charge in [0.15, 0.2) is 0 Å². The lowest BCUT2D eigenvalue weighted by Crippen LogP contribution is -2.40. The van der Waals surface area contributed by atoms with Gasteiger partial charge in [-0.25, -0.2) is 0 Å². The van der Waals surface area contributed by atoms with Crippen molar-refractivity contribution in [3.05, 3.63) is 35.4 Å². The minimum Gasteiger partial charge on any atom is -0.349 e. The third-order valence-corrected chi connectivity index (χ3v) is 5.07. The van der Waals surface area contributed by atoms with Crippen LogP contribution in [0.2, 0.25) is 0 Å². The SMILES string of the molecule is Cc1cccc(C(=O)N[C@H](C)[C@@H]2C[C@H]3CC[C@H]2C3)c1. The molecule has 4 atom stereocenters. The zero-order valence-electron chi connectivity index (χ0n) is 11.9. The van der Waals surface area contributed by atoms with Gasteiger partial charge in [0, 0.05) is 11.6 Å². The summed E-state index contributed by atoms with van der Waals surface area (Å²) >= 11 is 0. The van der Waals surface area contributed by atoms with Crippen molar-refractivity contribution in [2.75, 3.05) is 0 Å². The minimum absolute atomic E-state index is 0.0824. The molecule has 19 heavy (non-hydrogen) atoms. The smallest absolute Gasteiger partial charge is 0.251 e. The Labute approximate surface area is 115 Å². The van der Waals surface area contributed by atoms with Crippen LogP contribution in [0.15, 0.2) is 24.3 Å². The maximum atomic E-state index is 12.3. The number of hydrogen-bond donors (Lipinski definition) is 1. The average molecular weight is 257 g/mol. The Morgan fingerprint density at radius 2 is 2.16 bits per heavy atom. The van der Waals surface area contributed by atoms with E-state index in [0.29, 0.717) is 12.0 Å². The summed E-state index contributed by atoms with van der Waals surface area (Å²) in [5.74, 6) is 2.58. The van der Waals surface area contributed by atoms with Crippen molar-refractivity contribution in [2.45, 2.75) is 45.6 Å². The Kier molecular flexibility index (Phi) is 3.34. The molecule has 0 saturated heterocycles. The number of carbonyl (C=O) groups excluding carboxylic acids is 1. The monoisotopic (exact) mass is 257 g/mol. The first-order valence-electron chi connectivity index (χ1n) is 7.51. The van der Waals surface area contributed by atoms with E-state index >= 15 is 0 Å². The van der Waals surface area contributed by atoms with E-state index in [1.54, 1.807) is 0 Å². The van der Waals surface area contributed by atoms with Crippen LogP contribution in [0.5, 0.6) is 0 Å². The molecule has 102 valence electrons. The van der Waals surface area contributed by atoms with Crippen LogP contribution in [0.4, 0.5) is 0 Å². The summed E-state index contributed by atoms with van der Waals surface area (Å²) in [6.45, 7) is 4.20. The first-order chi connectivity index (χ1) is 9.13. The van der Waals surface area contributed by atoms with Gasteiger partial charge in [-0.2, -0.15) is 0 Å². The van der Waals surface area contributed by atoms with E-state index in [4.69, 9.17) is 0 Å². The number of hydrogen-bond acceptors (Lipinski definition) is 1. The van der Waals surface area contributed by atoms with Gasteiger partial charge >= 0.3 is 0 Å². The molecule has 0 radical (unpaired) electrons. The van der Waals surface area contributed by atoms with Gasteiger partial charge in [-0.15, -0.1) is 0 Å². The second kappa shape index (κ2) is 4.99. The standard InChI is InChI=1S/C17H23NO/c1-11-4-3-5-15(8-11)17(19)18-12(2)16-10-13-6-7-14(16)9-13/h3-5,8,12-14,16H,6-7,9-10H2,1-2H3,(H,18,19)/t12-,13+,14+,16+/m1/s1. The summed E-state index contributed by atoms with van der Waals surface area (Å²) in [6, 6.07) is 8.14. The Morgan fingerprint density at radius 1 is 1.32 bits per heavy atom. The fourth-order valence-corrected chi connectivity index (χ4v) is 4.09. The number of fused-ring (bicyclic) bond motifs is 2. The molecule has 0 unspecified atom stereocenters. The van der Waals surface area contributed by atoms with Gasteiger partial charge in [-0.3, -0.25) is 4.79 Å². The van der Waals surface area contributed by atoms with Gasteiger partial charge in [0.05, 0.1) is 0 Å². The van der Waals surface area contributed by atoms with Crippen molar-refractivity contribution in [1.82, 2.24) is 5.32 Å². The fourth-order valence-electron chi connectivity index (χ4n) is 4.09. The summed E-state index contributed by atoms with van der Waals surface area (Å²) in [6.07, 6.45) is 5.51. The van der Waals surface area contributed by atoms with Gasteiger partial charge in [0.25, 0.3) is 5.91 Å². The first-order valence-corrected chi connectivity index (χ1v) is 7.51. The quantitative estimate of drug-likeness (QED) is 0.881. The molecule has 1 aromatic carbocycles. The molecule has 2 aliphatic rings. The maximum Gasteiger partial charge on any atom is 0.251 e. The number of rotatable bonds is 3. The zero-order valence-corrected chi connectivity index (χ0v) is 11.9. The second-order valence-electron chi connectivity index (χ2n) is 6.47. The van der Waals surface area contributed by atoms with E-state index in [9.17, 15) is 4.79 Å². The van der Waals surface area contributed by atoms with Gasteiger partial charge < -0.3 is 5.32 Å². The van der Waals surface area contributed by atoms with Crippen LogP contribution in [0.25, 0.3) is 0 Å². The highest BCUT2D eigenvalue weighted by Gasteiger charge is 2.42. The molecule has 2 saturated carbocycles. The lowest BCUT2D eigenvalue weighted by molar-refractivity contribution is 0.0915. The zero-order chi connectivity index (χ0) is 13.4. The van der Waals surface area contributed by atoms with E-state index in [1.807, 2.05) is 31.2 Å². The summed E-state index contributed by atoms with van der Waals surface area (Å²) in [4.78, 5) is 12.3. The average Bonchev–Trinajstić information content (AvgIpc) is 3.00. The minimum atomic E-state index is 0.0824. The van der Waals surface area contributed by atoms with Gasteiger partial charge in [0.1, 0.15) is 0 Å². The van der Waals surface area contributed by atoms with E-state index in [2.05, 4.69) is 12.2 Å². The van der Waals surface area contributed by atoms with Gasteiger partial charge in [-0.1, -0.05) is 24.1 Å². The van der Waals surface area contributed by atoms with E-state index in [1.165, 1.54) is 25.7 Å². The first kappa shape index (κ1) is 12.7. The molecule has 3 rings (SSSR count). The number of aryl methyl sites for hydroxylation is 1. The summed E-state index contributed by atoms with van der Waals surface area (Å²) in [5.41, 5.74) is 1.93. The van der Waals surface area contributed by atoms with Crippen molar-refractivity contribution in [3.8, 4) is 0 Å². The molecule has 0 spiro atoms.